The van der Waals surface area contributed by atoms with E-state index in [0.29, 0.717) is 0 Å². The fraction of sp³-hybridized carbons (Fsp3) is 1.00. The van der Waals surface area contributed by atoms with Crippen molar-refractivity contribution >= 4 is 0 Å². The van der Waals surface area contributed by atoms with Crippen LogP contribution in [-0.4, -0.2) is 63.8 Å². The van der Waals surface area contributed by atoms with Crippen LogP contribution in [0.3, 0.4) is 0 Å². The van der Waals surface area contributed by atoms with Crippen LogP contribution in [0.1, 0.15) is 25.7 Å². The average molecular weight is 216 g/mol. The Balaban J connectivity index is 3.23. The fourth-order valence-electron chi connectivity index (χ4n) is 1.62. The third-order valence-corrected chi connectivity index (χ3v) is 2.61. The maximum Gasteiger partial charge on any atom is 0.0780 e. The lowest BCUT2D eigenvalue weighted by molar-refractivity contribution is -0.870. The molecule has 0 heterocycles. The van der Waals surface area contributed by atoms with Crippen molar-refractivity contribution in [2.45, 2.75) is 25.7 Å². The highest BCUT2D eigenvalue weighted by Crippen LogP contribution is 2.01. The lowest BCUT2D eigenvalue weighted by atomic mass is 10.2. The van der Waals surface area contributed by atoms with Crippen LogP contribution in [0.5, 0.6) is 0 Å². The van der Waals surface area contributed by atoms with Crippen LogP contribution < -0.4 is 5.73 Å². The van der Waals surface area contributed by atoms with E-state index in [0.717, 1.165) is 24.0 Å². The van der Waals surface area contributed by atoms with E-state index in [1.54, 1.807) is 0 Å². The molecule has 0 saturated carbocycles. The van der Waals surface area contributed by atoms with Gasteiger partial charge in [0.15, 0.2) is 0 Å². The van der Waals surface area contributed by atoms with Crippen LogP contribution in [0.2, 0.25) is 0 Å². The summed E-state index contributed by atoms with van der Waals surface area (Å²) < 4.78 is 1.09. The van der Waals surface area contributed by atoms with Gasteiger partial charge in [0, 0.05) is 0 Å². The molecule has 0 bridgehead atoms. The fourth-order valence-corrected chi connectivity index (χ4v) is 1.62. The van der Waals surface area contributed by atoms with E-state index in [4.69, 9.17) is 5.73 Å². The Labute approximate surface area is 95.8 Å². The molecule has 0 aromatic heterocycles. The van der Waals surface area contributed by atoms with Crippen molar-refractivity contribution in [2.24, 2.45) is 5.73 Å². The summed E-state index contributed by atoms with van der Waals surface area (Å²) >= 11 is 0. The molecule has 0 atom stereocenters. The lowest BCUT2D eigenvalue weighted by Crippen LogP contribution is -2.35. The second kappa shape index (κ2) is 8.08. The third-order valence-electron chi connectivity index (χ3n) is 2.61. The molecule has 0 rings (SSSR count). The Morgan fingerprint density at radius 3 is 2.07 bits per heavy atom. The van der Waals surface area contributed by atoms with Crippen molar-refractivity contribution in [3.63, 3.8) is 0 Å². The number of unbranched alkanes of at least 4 members (excludes halogenated alkanes) is 2. The van der Waals surface area contributed by atoms with Crippen LogP contribution in [-0.2, 0) is 0 Å². The smallest absolute Gasteiger partial charge is 0.0780 e. The number of nitrogens with two attached hydrogens (primary N) is 1. The van der Waals surface area contributed by atoms with Gasteiger partial charge < -0.3 is 15.1 Å². The minimum absolute atomic E-state index is 0.811. The molecule has 0 aliphatic carbocycles. The van der Waals surface area contributed by atoms with Gasteiger partial charge in [-0.25, -0.2) is 0 Å². The molecule has 0 amide bonds. The minimum Gasteiger partial charge on any atom is -0.331 e. The normalized spacial score (nSPS) is 12.4. The van der Waals surface area contributed by atoms with Crippen molar-refractivity contribution in [1.82, 2.24) is 4.90 Å². The number of hydrogen-bond donors (Lipinski definition) is 1. The zero-order valence-corrected chi connectivity index (χ0v) is 11.1. The molecular formula is C12H30N3+. The van der Waals surface area contributed by atoms with Gasteiger partial charge in [0.2, 0.25) is 0 Å². The first-order chi connectivity index (χ1) is 6.95. The number of quaternary nitrogens is 1. The minimum atomic E-state index is 0.811. The molecule has 0 aliphatic heterocycles. The molecule has 0 spiro atoms. The van der Waals surface area contributed by atoms with Gasteiger partial charge in [-0.05, 0) is 52.4 Å². The zero-order valence-electron chi connectivity index (χ0n) is 11.1. The molecule has 2 N–H and O–H groups in total. The monoisotopic (exact) mass is 216 g/mol. The highest BCUT2D eigenvalue weighted by molar-refractivity contribution is 4.52. The molecular weight excluding hydrogens is 186 g/mol. The van der Waals surface area contributed by atoms with E-state index in [9.17, 15) is 0 Å². The van der Waals surface area contributed by atoms with Gasteiger partial charge in [-0.3, -0.25) is 0 Å². The van der Waals surface area contributed by atoms with Crippen molar-refractivity contribution in [3.8, 4) is 0 Å². The topological polar surface area (TPSA) is 29.3 Å². The standard InChI is InChI=1S/C12H30N3/c1-14(11-8-9-13)10-6-5-7-12-15(2,3)4/h5-13H2,1-4H3/q+1. The zero-order chi connectivity index (χ0) is 11.7. The van der Waals surface area contributed by atoms with Gasteiger partial charge in [-0.15, -0.1) is 0 Å². The summed E-state index contributed by atoms with van der Waals surface area (Å²) in [7, 11) is 8.96. The first-order valence-electron chi connectivity index (χ1n) is 6.15. The molecule has 0 saturated heterocycles. The van der Waals surface area contributed by atoms with Gasteiger partial charge >= 0.3 is 0 Å². The van der Waals surface area contributed by atoms with E-state index < -0.39 is 0 Å². The quantitative estimate of drug-likeness (QED) is 0.463. The molecule has 92 valence electrons. The maximum absolute atomic E-state index is 5.47. The Kier molecular flexibility index (Phi) is 8.02. The second-order valence-corrected chi connectivity index (χ2v) is 5.52. The summed E-state index contributed by atoms with van der Waals surface area (Å²) in [6.07, 6.45) is 5.13. The molecule has 0 aromatic carbocycles. The molecule has 0 aliphatic rings. The van der Waals surface area contributed by atoms with Gasteiger partial charge in [0.1, 0.15) is 0 Å². The number of nitrogens with zero attached hydrogens (tertiary/aromatic N) is 2. The first kappa shape index (κ1) is 14.9. The van der Waals surface area contributed by atoms with Gasteiger partial charge in [0.05, 0.1) is 27.7 Å². The predicted molar refractivity (Wildman–Crippen MR) is 67.9 cm³/mol. The number of hydrogen-bond acceptors (Lipinski definition) is 2. The van der Waals surface area contributed by atoms with Crippen LogP contribution in [0.4, 0.5) is 0 Å². The summed E-state index contributed by atoms with van der Waals surface area (Å²) in [6, 6.07) is 0. The van der Waals surface area contributed by atoms with Crippen LogP contribution in [0.25, 0.3) is 0 Å². The van der Waals surface area contributed by atoms with Crippen molar-refractivity contribution in [2.75, 3.05) is 54.4 Å². The lowest BCUT2D eigenvalue weighted by Gasteiger charge is -2.24. The summed E-state index contributed by atoms with van der Waals surface area (Å²) in [6.45, 7) is 4.46. The SMILES string of the molecule is CN(CCCN)CCCCC[N+](C)(C)C. The average Bonchev–Trinajstić information content (AvgIpc) is 2.12. The Bertz CT molecular complexity index is 140. The molecule has 0 radical (unpaired) electrons. The molecule has 0 aromatic rings. The van der Waals surface area contributed by atoms with Gasteiger partial charge in [0.25, 0.3) is 0 Å². The van der Waals surface area contributed by atoms with E-state index in [1.165, 1.54) is 32.4 Å². The Morgan fingerprint density at radius 1 is 0.933 bits per heavy atom. The van der Waals surface area contributed by atoms with E-state index in [1.807, 2.05) is 0 Å². The molecule has 3 nitrogen and oxygen atoms in total. The molecule has 0 unspecified atom stereocenters. The highest BCUT2D eigenvalue weighted by Gasteiger charge is 2.05. The van der Waals surface area contributed by atoms with Crippen LogP contribution in [0, 0.1) is 0 Å². The highest BCUT2D eigenvalue weighted by atomic mass is 15.3. The number of rotatable bonds is 9. The molecule has 3 heteroatoms. The van der Waals surface area contributed by atoms with Gasteiger partial charge in [-0.2, -0.15) is 0 Å². The van der Waals surface area contributed by atoms with E-state index in [-0.39, 0.29) is 0 Å². The van der Waals surface area contributed by atoms with Gasteiger partial charge in [-0.1, -0.05) is 0 Å². The predicted octanol–water partition coefficient (Wildman–Crippen LogP) is 1.14. The molecule has 0 fully saturated rings. The van der Waals surface area contributed by atoms with Crippen molar-refractivity contribution in [1.29, 1.82) is 0 Å². The first-order valence-corrected chi connectivity index (χ1v) is 6.15. The van der Waals surface area contributed by atoms with E-state index in [2.05, 4.69) is 33.1 Å². The summed E-state index contributed by atoms with van der Waals surface area (Å²) in [4.78, 5) is 2.39. The van der Waals surface area contributed by atoms with Crippen molar-refractivity contribution < 1.29 is 4.48 Å². The second-order valence-electron chi connectivity index (χ2n) is 5.52. The van der Waals surface area contributed by atoms with E-state index >= 15 is 0 Å². The maximum atomic E-state index is 5.47. The Hall–Kier alpha value is -0.120. The largest absolute Gasteiger partial charge is 0.331 e. The summed E-state index contributed by atoms with van der Waals surface area (Å²) in [5.41, 5.74) is 5.47. The molecule has 15 heavy (non-hydrogen) atoms. The summed E-state index contributed by atoms with van der Waals surface area (Å²) in [5, 5.41) is 0. The van der Waals surface area contributed by atoms with Crippen molar-refractivity contribution in [3.05, 3.63) is 0 Å². The third kappa shape index (κ3) is 11.8. The van der Waals surface area contributed by atoms with Crippen LogP contribution in [0.15, 0.2) is 0 Å². The van der Waals surface area contributed by atoms with Crippen LogP contribution >= 0.6 is 0 Å². The summed E-state index contributed by atoms with van der Waals surface area (Å²) in [5.74, 6) is 0. The Morgan fingerprint density at radius 2 is 1.53 bits per heavy atom.